The molecule has 9 rings (SSSR count). The highest BCUT2D eigenvalue weighted by Gasteiger charge is 2.40. The second-order valence-corrected chi connectivity index (χ2v) is 22.8. The van der Waals surface area contributed by atoms with Crippen LogP contribution in [-0.2, 0) is 25.5 Å². The number of nitrogens with one attached hydrogen (secondary N) is 4. The molecule has 2 aromatic heterocycles. The lowest BCUT2D eigenvalue weighted by atomic mass is 9.79. The molecule has 4 aliphatic rings. The topological polar surface area (TPSA) is 178 Å². The Labute approximate surface area is 429 Å². The van der Waals surface area contributed by atoms with Gasteiger partial charge < -0.3 is 44.8 Å². The molecule has 5 heterocycles. The predicted molar refractivity (Wildman–Crippen MR) is 281 cm³/mol. The Kier molecular flexibility index (Phi) is 15.4. The van der Waals surface area contributed by atoms with Gasteiger partial charge in [-0.1, -0.05) is 59.7 Å². The number of halogens is 1. The van der Waals surface area contributed by atoms with E-state index in [0.717, 1.165) is 123 Å². The molecule has 4 fully saturated rings. The van der Waals surface area contributed by atoms with Crippen molar-refractivity contribution >= 4 is 51.8 Å². The summed E-state index contributed by atoms with van der Waals surface area (Å²) in [6.07, 6.45) is 8.58. The summed E-state index contributed by atoms with van der Waals surface area (Å²) in [6.45, 7) is 15.1. The second-order valence-electron chi connectivity index (χ2n) is 22.8. The van der Waals surface area contributed by atoms with Crippen molar-refractivity contribution in [2.75, 3.05) is 45.3 Å². The Morgan fingerprint density at radius 3 is 1.73 bits per heavy atom. The monoisotopic (exact) mass is 1000 g/mol. The van der Waals surface area contributed by atoms with Crippen LogP contribution in [0.4, 0.5) is 19.7 Å². The lowest BCUT2D eigenvalue weighted by Gasteiger charge is -2.38. The molecule has 16 heteroatoms. The molecule has 0 radical (unpaired) electrons. The fraction of sp³-hybridized carbons (Fsp3) is 0.579. The van der Waals surface area contributed by atoms with Gasteiger partial charge in [0.1, 0.15) is 29.5 Å². The van der Waals surface area contributed by atoms with Crippen LogP contribution in [-0.4, -0.2) is 106 Å². The molecule has 7 unspecified atom stereocenters. The van der Waals surface area contributed by atoms with Crippen LogP contribution in [0, 0.1) is 29.0 Å². The van der Waals surface area contributed by atoms with E-state index in [2.05, 4.69) is 81.8 Å². The highest BCUT2D eigenvalue weighted by atomic mass is 19.1. The summed E-state index contributed by atoms with van der Waals surface area (Å²) >= 11 is 0. The number of benzene rings is 3. The van der Waals surface area contributed by atoms with Crippen molar-refractivity contribution in [1.29, 1.82) is 0 Å². The van der Waals surface area contributed by atoms with E-state index in [9.17, 15) is 19.2 Å². The van der Waals surface area contributed by atoms with E-state index in [0.29, 0.717) is 18.8 Å². The van der Waals surface area contributed by atoms with Gasteiger partial charge in [0, 0.05) is 26.2 Å². The zero-order valence-corrected chi connectivity index (χ0v) is 44.1. The zero-order valence-electron chi connectivity index (χ0n) is 44.1. The number of likely N-dealkylation sites (tertiary alicyclic amines) is 2. The molecule has 0 spiro atoms. The number of carbonyl (C=O) groups is 4. The molecule has 3 saturated heterocycles. The maximum atomic E-state index is 16.2. The number of hydrogen-bond acceptors (Lipinski definition) is 9. The first-order chi connectivity index (χ1) is 35.0. The van der Waals surface area contributed by atoms with E-state index < -0.39 is 24.3 Å². The van der Waals surface area contributed by atoms with Gasteiger partial charge in [-0.3, -0.25) is 9.59 Å². The SMILES string of the molecule is COC(=O)NC(C(=O)N1CCCC1c1nc2ccc(C3CCC(Cc4ccc(N5CCC(C)(C)CC5)c(F)c4)C(c4ccc5nc(C6CCCN6C(=O)C(NC(=O)OC)C(C)C)[nH]c5c4)CC3)cc2[nH]1)C(C)C. The number of anilines is 1. The number of rotatable bonds is 13. The number of fused-ring (bicyclic) bond motifs is 2. The minimum absolute atomic E-state index is 0.125. The lowest BCUT2D eigenvalue weighted by Crippen LogP contribution is -2.51. The normalized spacial score (nSPS) is 23.2. The van der Waals surface area contributed by atoms with Gasteiger partial charge in [-0.2, -0.15) is 0 Å². The van der Waals surface area contributed by atoms with Gasteiger partial charge in [-0.05, 0) is 159 Å². The number of alkyl carbamates (subject to hydrolysis) is 2. The summed E-state index contributed by atoms with van der Waals surface area (Å²) in [5.74, 6) is 1.50. The highest BCUT2D eigenvalue weighted by molar-refractivity contribution is 5.87. The number of imidazole rings is 2. The van der Waals surface area contributed by atoms with Crippen molar-refractivity contribution in [2.45, 2.75) is 148 Å². The maximum Gasteiger partial charge on any atom is 0.407 e. The number of amides is 4. The molecule has 15 nitrogen and oxygen atoms in total. The fourth-order valence-corrected chi connectivity index (χ4v) is 12.3. The molecular formula is C57H76FN9O6. The smallest absolute Gasteiger partial charge is 0.407 e. The lowest BCUT2D eigenvalue weighted by molar-refractivity contribution is -0.136. The van der Waals surface area contributed by atoms with E-state index in [-0.39, 0.29) is 64.7 Å². The second kappa shape index (κ2) is 21.7. The van der Waals surface area contributed by atoms with Crippen LogP contribution in [0.3, 0.4) is 0 Å². The summed E-state index contributed by atoms with van der Waals surface area (Å²) in [7, 11) is 2.60. The molecule has 3 aliphatic heterocycles. The molecule has 0 bridgehead atoms. The molecule has 1 aliphatic carbocycles. The largest absolute Gasteiger partial charge is 0.453 e. The van der Waals surface area contributed by atoms with Crippen molar-refractivity contribution in [2.24, 2.45) is 23.2 Å². The maximum absolute atomic E-state index is 16.2. The molecule has 7 atom stereocenters. The summed E-state index contributed by atoms with van der Waals surface area (Å²) < 4.78 is 25.9. The van der Waals surface area contributed by atoms with Gasteiger partial charge in [0.05, 0.1) is 54.1 Å². The summed E-state index contributed by atoms with van der Waals surface area (Å²) in [6, 6.07) is 17.1. The molecule has 4 N–H and O–H groups in total. The standard InChI is InChI=1S/C57H76FN9O6/c1-33(2)49(63-55(70)72-7)53(68)66-25-9-11-47(66)51-59-42-20-17-37(31-44(42)61-51)36-14-15-38(29-35-13-22-46(41(58)30-35)65-27-23-57(5,6)24-28-65)40(19-16-36)39-18-21-43-45(32-39)62-52(60-43)48-12-10-26-67(48)54(69)50(34(3)4)64-56(71)73-8/h13,17-18,20-22,30-34,36,38,40,47-50H,9-12,14-16,19,23-29H2,1-8H3,(H,59,61)(H,60,62)(H,63,70)(H,64,71). The fourth-order valence-electron chi connectivity index (χ4n) is 12.3. The van der Waals surface area contributed by atoms with Crippen LogP contribution in [0.2, 0.25) is 0 Å². The average molecular weight is 1000 g/mol. The third-order valence-corrected chi connectivity index (χ3v) is 16.7. The van der Waals surface area contributed by atoms with Crippen LogP contribution in [0.1, 0.15) is 158 Å². The van der Waals surface area contributed by atoms with Gasteiger partial charge in [-0.25, -0.2) is 23.9 Å². The number of piperidine rings is 1. The van der Waals surface area contributed by atoms with Gasteiger partial charge in [0.15, 0.2) is 0 Å². The van der Waals surface area contributed by atoms with Gasteiger partial charge in [0.25, 0.3) is 0 Å². The zero-order chi connectivity index (χ0) is 51.7. The van der Waals surface area contributed by atoms with E-state index in [4.69, 9.17) is 19.4 Å². The third kappa shape index (κ3) is 11.2. The first-order valence-electron chi connectivity index (χ1n) is 26.8. The predicted octanol–water partition coefficient (Wildman–Crippen LogP) is 10.6. The minimum Gasteiger partial charge on any atom is -0.453 e. The number of H-pyrrole nitrogens is 2. The van der Waals surface area contributed by atoms with Crippen molar-refractivity contribution < 1.29 is 33.0 Å². The Morgan fingerprint density at radius 2 is 1.21 bits per heavy atom. The van der Waals surface area contributed by atoms with E-state index in [1.807, 2.05) is 43.6 Å². The van der Waals surface area contributed by atoms with Crippen molar-refractivity contribution in [3.63, 3.8) is 0 Å². The number of nitrogens with zero attached hydrogens (tertiary/aromatic N) is 5. The van der Waals surface area contributed by atoms with E-state index in [1.54, 1.807) is 6.07 Å². The molecule has 392 valence electrons. The molecule has 3 aromatic carbocycles. The minimum atomic E-state index is -0.720. The number of carbonyl (C=O) groups excluding carboxylic acids is 4. The van der Waals surface area contributed by atoms with E-state index in [1.165, 1.54) is 25.3 Å². The quantitative estimate of drug-likeness (QED) is 0.0836. The Bertz CT molecular complexity index is 2790. The molecule has 73 heavy (non-hydrogen) atoms. The van der Waals surface area contributed by atoms with Crippen LogP contribution in [0.25, 0.3) is 22.1 Å². The molecule has 5 aromatic rings. The Balaban J connectivity index is 0.975. The van der Waals surface area contributed by atoms with Crippen LogP contribution in [0.15, 0.2) is 54.6 Å². The van der Waals surface area contributed by atoms with Crippen molar-refractivity contribution in [3.05, 3.63) is 88.8 Å². The third-order valence-electron chi connectivity index (χ3n) is 16.7. The van der Waals surface area contributed by atoms with Crippen LogP contribution in [0.5, 0.6) is 0 Å². The van der Waals surface area contributed by atoms with Crippen molar-refractivity contribution in [1.82, 2.24) is 40.4 Å². The average Bonchev–Trinajstić information content (AvgIpc) is 4.20. The number of aromatic nitrogens is 4. The van der Waals surface area contributed by atoms with Gasteiger partial charge in [-0.15, -0.1) is 0 Å². The first-order valence-corrected chi connectivity index (χ1v) is 26.8. The number of hydrogen-bond donors (Lipinski definition) is 4. The first kappa shape index (κ1) is 51.7. The summed E-state index contributed by atoms with van der Waals surface area (Å²) in [5.41, 5.74) is 7.98. The van der Waals surface area contributed by atoms with Gasteiger partial charge >= 0.3 is 12.2 Å². The summed E-state index contributed by atoms with van der Waals surface area (Å²) in [5, 5.41) is 5.49. The molecular weight excluding hydrogens is 926 g/mol. The number of methoxy groups -OCH3 is 2. The highest BCUT2D eigenvalue weighted by Crippen LogP contribution is 2.45. The van der Waals surface area contributed by atoms with E-state index >= 15 is 4.39 Å². The molecule has 4 amide bonds. The Hall–Kier alpha value is -6.19. The Morgan fingerprint density at radius 1 is 0.685 bits per heavy atom. The number of aromatic amines is 2. The van der Waals surface area contributed by atoms with Gasteiger partial charge in [0.2, 0.25) is 11.8 Å². The van der Waals surface area contributed by atoms with Crippen LogP contribution < -0.4 is 15.5 Å². The molecule has 1 saturated carbocycles. The number of ether oxygens (including phenoxy) is 2. The van der Waals surface area contributed by atoms with Crippen molar-refractivity contribution in [3.8, 4) is 0 Å². The van der Waals surface area contributed by atoms with Crippen LogP contribution >= 0.6 is 0 Å². The summed E-state index contributed by atoms with van der Waals surface area (Å²) in [4.78, 5) is 75.5.